The van der Waals surface area contributed by atoms with E-state index in [0.29, 0.717) is 33.6 Å². The Labute approximate surface area is 403 Å². The molecule has 5 N–H and O–H groups in total. The third kappa shape index (κ3) is 14.5. The summed E-state index contributed by atoms with van der Waals surface area (Å²) in [6.07, 6.45) is -4.53. The molecule has 0 radical (unpaired) electrons. The molecule has 6 aromatic carbocycles. The van der Waals surface area contributed by atoms with Gasteiger partial charge in [0.25, 0.3) is 5.69 Å². The fraction of sp³-hybridized carbons (Fsp3) is 0.226. The predicted octanol–water partition coefficient (Wildman–Crippen LogP) is 6.62. The molecule has 0 fully saturated rings. The molecule has 1 heterocycles. The number of fused-ring (bicyclic) bond motifs is 5. The van der Waals surface area contributed by atoms with Crippen LogP contribution in [0.5, 0.6) is 5.75 Å². The van der Waals surface area contributed by atoms with E-state index in [1.165, 1.54) is 18.2 Å². The van der Waals surface area contributed by atoms with E-state index in [1.54, 1.807) is 103 Å². The zero-order valence-corrected chi connectivity index (χ0v) is 37.9. The molecule has 17 nitrogen and oxygen atoms in total. The van der Waals surface area contributed by atoms with Crippen molar-refractivity contribution >= 4 is 35.7 Å². The van der Waals surface area contributed by atoms with Gasteiger partial charge in [0.15, 0.2) is 0 Å². The number of rotatable bonds is 16. The summed E-state index contributed by atoms with van der Waals surface area (Å²) in [5.41, 5.74) is 4.06. The summed E-state index contributed by atoms with van der Waals surface area (Å²) in [5, 5.41) is 34.2. The van der Waals surface area contributed by atoms with Crippen molar-refractivity contribution in [2.75, 3.05) is 6.54 Å². The molecule has 0 saturated carbocycles. The van der Waals surface area contributed by atoms with Crippen LogP contribution < -0.4 is 26.0 Å². The van der Waals surface area contributed by atoms with Gasteiger partial charge in [0.2, 0.25) is 11.8 Å². The van der Waals surface area contributed by atoms with Crippen LogP contribution >= 0.6 is 0 Å². The zero-order valence-electron chi connectivity index (χ0n) is 37.9. The molecule has 1 aliphatic rings. The Morgan fingerprint density at radius 3 is 1.71 bits per heavy atom. The number of nitro benzene ring substituents is 1. The number of ether oxygens (including phenoxy) is 4. The standard InChI is InChI=1S/C53H51N5O12/c59-43(30-54-52(63)69-33-37-17-9-3-10-18-37)29-45-50(61)56-46(51(62)68-32-36-15-7-2-8-16-36)27-41-25-39(21-23-47(41)58(65)66)40-22-24-48(67-31-35-13-5-1-6-14-35)42(26-40)28-44(49(60)55-45)57-53(64)70-34-38-19-11-4-12-20-38/h1-26,43-46,59H,27-34H2,(H,54,63)(H,55,60)(H,56,61)(H,57,64)/t43-,44+,45+,46+/m1/s1. The maximum Gasteiger partial charge on any atom is 0.408 e. The van der Waals surface area contributed by atoms with E-state index in [1.807, 2.05) is 36.4 Å². The normalized spacial score (nSPS) is 16.1. The second kappa shape index (κ2) is 24.5. The number of aliphatic hydroxyl groups is 1. The topological polar surface area (TPSA) is 234 Å². The number of hydrogen-bond donors (Lipinski definition) is 5. The van der Waals surface area contributed by atoms with Gasteiger partial charge in [-0.05, 0) is 63.2 Å². The Morgan fingerprint density at radius 1 is 0.629 bits per heavy atom. The van der Waals surface area contributed by atoms with Gasteiger partial charge in [0, 0.05) is 37.4 Å². The number of nitro groups is 1. The highest BCUT2D eigenvalue weighted by Crippen LogP contribution is 2.32. The second-order valence-electron chi connectivity index (χ2n) is 16.4. The highest BCUT2D eigenvalue weighted by molar-refractivity contribution is 5.93. The minimum absolute atomic E-state index is 0.0588. The number of carbonyl (C=O) groups is 5. The summed E-state index contributed by atoms with van der Waals surface area (Å²) < 4.78 is 22.8. The minimum atomic E-state index is -1.65. The van der Waals surface area contributed by atoms with Crippen LogP contribution in [0.1, 0.15) is 39.8 Å². The molecule has 70 heavy (non-hydrogen) atoms. The van der Waals surface area contributed by atoms with Crippen LogP contribution in [-0.2, 0) is 67.9 Å². The van der Waals surface area contributed by atoms with Gasteiger partial charge in [-0.25, -0.2) is 14.4 Å². The van der Waals surface area contributed by atoms with Crippen molar-refractivity contribution in [1.29, 1.82) is 0 Å². The van der Waals surface area contributed by atoms with Crippen LogP contribution in [0.2, 0.25) is 0 Å². The summed E-state index contributed by atoms with van der Waals surface area (Å²) in [5.74, 6) is -2.50. The van der Waals surface area contributed by atoms with Gasteiger partial charge in [-0.1, -0.05) is 127 Å². The quantitative estimate of drug-likeness (QED) is 0.0298. The Bertz CT molecular complexity index is 2750. The molecule has 0 aromatic heterocycles. The molecule has 0 unspecified atom stereocenters. The number of hydrogen-bond acceptors (Lipinski definition) is 12. The fourth-order valence-electron chi connectivity index (χ4n) is 7.59. The lowest BCUT2D eigenvalue weighted by Gasteiger charge is -2.26. The highest BCUT2D eigenvalue weighted by atomic mass is 16.6. The van der Waals surface area contributed by atoms with Crippen molar-refractivity contribution < 1.29 is 52.9 Å². The third-order valence-corrected chi connectivity index (χ3v) is 11.2. The largest absolute Gasteiger partial charge is 0.489 e. The van der Waals surface area contributed by atoms with Gasteiger partial charge in [-0.15, -0.1) is 0 Å². The van der Waals surface area contributed by atoms with Crippen LogP contribution in [0.3, 0.4) is 0 Å². The van der Waals surface area contributed by atoms with E-state index in [4.69, 9.17) is 18.9 Å². The number of nitrogens with zero attached hydrogens (tertiary/aromatic N) is 1. The Kier molecular flexibility index (Phi) is 17.2. The molecule has 17 heteroatoms. The molecule has 360 valence electrons. The number of aliphatic hydroxyl groups excluding tert-OH is 1. The highest BCUT2D eigenvalue weighted by Gasteiger charge is 2.34. The first-order valence-electron chi connectivity index (χ1n) is 22.5. The molecule has 0 saturated heterocycles. The predicted molar refractivity (Wildman–Crippen MR) is 256 cm³/mol. The van der Waals surface area contributed by atoms with Crippen LogP contribution in [0.15, 0.2) is 158 Å². The van der Waals surface area contributed by atoms with Crippen molar-refractivity contribution in [2.45, 2.75) is 69.9 Å². The van der Waals surface area contributed by atoms with Crippen LogP contribution in [-0.4, -0.2) is 70.8 Å². The third-order valence-electron chi connectivity index (χ3n) is 11.2. The van der Waals surface area contributed by atoms with Crippen molar-refractivity contribution in [2.24, 2.45) is 0 Å². The molecular formula is C53H51N5O12. The van der Waals surface area contributed by atoms with E-state index in [2.05, 4.69) is 21.3 Å². The molecule has 0 spiro atoms. The summed E-state index contributed by atoms with van der Waals surface area (Å²) in [6.45, 7) is -0.694. The van der Waals surface area contributed by atoms with Crippen molar-refractivity contribution in [3.05, 3.63) is 201 Å². The monoisotopic (exact) mass is 949 g/mol. The number of carbonyl (C=O) groups excluding carboxylic acids is 5. The summed E-state index contributed by atoms with van der Waals surface area (Å²) in [4.78, 5) is 81.4. The lowest BCUT2D eigenvalue weighted by molar-refractivity contribution is -0.385. The number of benzene rings is 6. The smallest absolute Gasteiger partial charge is 0.408 e. The van der Waals surface area contributed by atoms with E-state index in [9.17, 15) is 39.2 Å². The van der Waals surface area contributed by atoms with Gasteiger partial charge in [-0.3, -0.25) is 19.7 Å². The molecule has 4 atom stereocenters. The molecule has 7 rings (SSSR count). The van der Waals surface area contributed by atoms with Gasteiger partial charge >= 0.3 is 18.2 Å². The van der Waals surface area contributed by atoms with E-state index in [-0.39, 0.29) is 44.1 Å². The number of nitrogens with one attached hydrogen (secondary N) is 4. The van der Waals surface area contributed by atoms with Gasteiger partial charge in [-0.2, -0.15) is 0 Å². The summed E-state index contributed by atoms with van der Waals surface area (Å²) in [6, 6.07) is 40.7. The molecule has 6 aromatic rings. The molecule has 1 aliphatic heterocycles. The molecule has 4 bridgehead atoms. The lowest BCUT2D eigenvalue weighted by Crippen LogP contribution is -2.57. The van der Waals surface area contributed by atoms with Crippen LogP contribution in [0.25, 0.3) is 11.1 Å². The summed E-state index contributed by atoms with van der Waals surface area (Å²) >= 11 is 0. The van der Waals surface area contributed by atoms with Crippen molar-refractivity contribution in [3.8, 4) is 16.9 Å². The first kappa shape index (κ1) is 49.3. The van der Waals surface area contributed by atoms with Crippen molar-refractivity contribution in [1.82, 2.24) is 21.3 Å². The van der Waals surface area contributed by atoms with E-state index >= 15 is 0 Å². The molecule has 0 aliphatic carbocycles. The van der Waals surface area contributed by atoms with Crippen molar-refractivity contribution in [3.63, 3.8) is 0 Å². The number of amides is 4. The minimum Gasteiger partial charge on any atom is -0.489 e. The first-order chi connectivity index (χ1) is 34.0. The van der Waals surface area contributed by atoms with Crippen LogP contribution in [0.4, 0.5) is 15.3 Å². The lowest BCUT2D eigenvalue weighted by atomic mass is 9.95. The van der Waals surface area contributed by atoms with Gasteiger partial charge in [0.05, 0.1) is 11.0 Å². The average molecular weight is 950 g/mol. The summed E-state index contributed by atoms with van der Waals surface area (Å²) in [7, 11) is 0. The maximum absolute atomic E-state index is 14.7. The maximum atomic E-state index is 14.7. The Balaban J connectivity index is 1.25. The average Bonchev–Trinajstić information content (AvgIpc) is 3.38. The van der Waals surface area contributed by atoms with Crippen LogP contribution in [0, 0.1) is 10.1 Å². The Morgan fingerprint density at radius 2 is 1.14 bits per heavy atom. The van der Waals surface area contributed by atoms with Gasteiger partial charge in [0.1, 0.15) is 50.3 Å². The number of alkyl carbamates (subject to hydrolysis) is 2. The van der Waals surface area contributed by atoms with E-state index < -0.39 is 78.5 Å². The number of esters is 1. The first-order valence-corrected chi connectivity index (χ1v) is 22.5. The zero-order chi connectivity index (χ0) is 49.2. The SMILES string of the molecule is O=C(NC[C@H](O)C[C@@H]1NC(=O)[C@@H](NC(=O)OCc2ccccc2)Cc2cc(ccc2OCc2ccccc2)-c2ccc([N+](=O)[O-])c(c2)C[C@@H](C(=O)OCc2ccccc2)NC1=O)OCc1ccccc1. The molecular weight excluding hydrogens is 899 g/mol. The van der Waals surface area contributed by atoms with Gasteiger partial charge < -0.3 is 45.3 Å². The second-order valence-corrected chi connectivity index (χ2v) is 16.4. The van der Waals surface area contributed by atoms with E-state index in [0.717, 1.165) is 11.1 Å². The Hall–Kier alpha value is -8.57. The molecule has 4 amide bonds. The fourth-order valence-corrected chi connectivity index (χ4v) is 7.59.